The van der Waals surface area contributed by atoms with Gasteiger partial charge < -0.3 is 20.0 Å². The number of nitrogens with one attached hydrogen (secondary N) is 1. The summed E-state index contributed by atoms with van der Waals surface area (Å²) in [5, 5.41) is 7.41. The summed E-state index contributed by atoms with van der Waals surface area (Å²) in [6, 6.07) is 16.3. The number of para-hydroxylation sites is 1. The third-order valence-corrected chi connectivity index (χ3v) is 6.23. The molecule has 1 amide bonds. The zero-order chi connectivity index (χ0) is 20.3. The predicted molar refractivity (Wildman–Crippen MR) is 120 cm³/mol. The van der Waals surface area contributed by atoms with Gasteiger partial charge in [-0.1, -0.05) is 41.6 Å². The van der Waals surface area contributed by atoms with E-state index < -0.39 is 6.10 Å². The number of benzene rings is 2. The quantitative estimate of drug-likeness (QED) is 0.818. The van der Waals surface area contributed by atoms with Crippen LogP contribution in [0.2, 0.25) is 0 Å². The van der Waals surface area contributed by atoms with Gasteiger partial charge in [-0.15, -0.1) is 0 Å². The lowest BCUT2D eigenvalue weighted by atomic mass is 10.0. The maximum atomic E-state index is 13.2. The normalized spacial score (nSPS) is 20.9. The number of carbonyl (C=O) groups excluding carboxylic acids is 1. The summed E-state index contributed by atoms with van der Waals surface area (Å²) in [4.78, 5) is 23.5. The van der Waals surface area contributed by atoms with Crippen molar-refractivity contribution in [3.05, 3.63) is 54.1 Å². The average Bonchev–Trinajstić information content (AvgIpc) is 3.57. The van der Waals surface area contributed by atoms with Gasteiger partial charge in [0.25, 0.3) is 5.91 Å². The highest BCUT2D eigenvalue weighted by atomic mass is 16.6. The molecule has 0 aliphatic carbocycles. The Kier molecular flexibility index (Phi) is 5.30. The summed E-state index contributed by atoms with van der Waals surface area (Å²) in [7, 11) is 0. The Morgan fingerprint density at radius 2 is 1.47 bits per heavy atom. The molecule has 2 fully saturated rings. The summed E-state index contributed by atoms with van der Waals surface area (Å²) >= 11 is 0. The maximum Gasteiger partial charge on any atom is 0.268 e. The molecule has 30 heavy (non-hydrogen) atoms. The molecule has 1 N–H and O–H groups in total. The fourth-order valence-electron chi connectivity index (χ4n) is 4.62. The van der Waals surface area contributed by atoms with E-state index in [0.29, 0.717) is 6.42 Å². The van der Waals surface area contributed by atoms with Gasteiger partial charge in [0.05, 0.1) is 22.8 Å². The van der Waals surface area contributed by atoms with Gasteiger partial charge in [-0.05, 0) is 43.4 Å². The van der Waals surface area contributed by atoms with Crippen molar-refractivity contribution in [2.45, 2.75) is 38.2 Å². The van der Waals surface area contributed by atoms with Crippen molar-refractivity contribution in [2.75, 3.05) is 41.3 Å². The minimum absolute atomic E-state index is 0.128. The Morgan fingerprint density at radius 3 is 2.07 bits per heavy atom. The zero-order valence-corrected chi connectivity index (χ0v) is 17.2. The highest BCUT2D eigenvalue weighted by Crippen LogP contribution is 2.39. The maximum absolute atomic E-state index is 13.2. The number of oxime groups is 1. The summed E-state index contributed by atoms with van der Waals surface area (Å²) < 4.78 is 0. The van der Waals surface area contributed by atoms with Crippen molar-refractivity contribution < 1.29 is 9.63 Å². The molecule has 3 aliphatic rings. The Bertz CT molecular complexity index is 897. The Balaban J connectivity index is 1.37. The largest absolute Gasteiger partial charge is 0.382 e. The number of nitrogens with zero attached hydrogens (tertiary/aromatic N) is 3. The Labute approximate surface area is 177 Å². The van der Waals surface area contributed by atoms with E-state index in [1.54, 1.807) is 0 Å². The van der Waals surface area contributed by atoms with Crippen LogP contribution in [-0.2, 0) is 9.63 Å². The lowest BCUT2D eigenvalue weighted by molar-refractivity contribution is -0.125. The first-order valence-corrected chi connectivity index (χ1v) is 11.0. The van der Waals surface area contributed by atoms with Crippen LogP contribution in [-0.4, -0.2) is 43.9 Å². The molecule has 1 unspecified atom stereocenters. The van der Waals surface area contributed by atoms with E-state index in [2.05, 4.69) is 38.5 Å². The van der Waals surface area contributed by atoms with Crippen LogP contribution >= 0.6 is 0 Å². The van der Waals surface area contributed by atoms with Crippen LogP contribution in [0, 0.1) is 0 Å². The average molecular weight is 405 g/mol. The molecule has 0 saturated carbocycles. The van der Waals surface area contributed by atoms with Gasteiger partial charge in [0.2, 0.25) is 6.10 Å². The van der Waals surface area contributed by atoms with Gasteiger partial charge in [-0.2, -0.15) is 0 Å². The molecule has 6 heteroatoms. The molecule has 5 rings (SSSR count). The number of rotatable bonds is 5. The van der Waals surface area contributed by atoms with E-state index in [4.69, 9.17) is 4.84 Å². The molecule has 0 spiro atoms. The summed E-state index contributed by atoms with van der Waals surface area (Å²) in [5.74, 6) is -0.128. The molecule has 0 bridgehead atoms. The van der Waals surface area contributed by atoms with Crippen molar-refractivity contribution in [2.24, 2.45) is 5.16 Å². The predicted octanol–water partition coefficient (Wildman–Crippen LogP) is 4.02. The summed E-state index contributed by atoms with van der Waals surface area (Å²) in [6.45, 7) is 4.14. The van der Waals surface area contributed by atoms with Gasteiger partial charge in [-0.3, -0.25) is 4.79 Å². The molecule has 156 valence electrons. The third-order valence-electron chi connectivity index (χ3n) is 6.23. The molecule has 2 aromatic rings. The fourth-order valence-corrected chi connectivity index (χ4v) is 4.62. The molecular formula is C24H28N4O2. The first kappa shape index (κ1) is 19.0. The van der Waals surface area contributed by atoms with E-state index in [-0.39, 0.29) is 5.91 Å². The second-order valence-corrected chi connectivity index (χ2v) is 8.25. The molecule has 2 saturated heterocycles. The second kappa shape index (κ2) is 8.38. The number of carbonyl (C=O) groups is 1. The van der Waals surface area contributed by atoms with Crippen LogP contribution in [0.15, 0.2) is 53.7 Å². The molecule has 1 atom stereocenters. The smallest absolute Gasteiger partial charge is 0.268 e. The molecule has 6 nitrogen and oxygen atoms in total. The standard InChI is InChI=1S/C24H28N4O2/c29-24(22-17-19(26-30-22)18-9-2-1-3-10-18)25-23-20(27-13-4-5-14-27)11-8-12-21(23)28-15-6-7-16-28/h1-3,8-12,22H,4-7,13-17H2,(H,25,29). The first-order chi connectivity index (χ1) is 14.8. The number of anilines is 3. The van der Waals surface area contributed by atoms with Crippen molar-refractivity contribution in [3.63, 3.8) is 0 Å². The Morgan fingerprint density at radius 1 is 0.867 bits per heavy atom. The van der Waals surface area contributed by atoms with Crippen LogP contribution in [0.5, 0.6) is 0 Å². The second-order valence-electron chi connectivity index (χ2n) is 8.25. The van der Waals surface area contributed by atoms with Crippen molar-refractivity contribution in [1.29, 1.82) is 0 Å². The number of hydrogen-bond donors (Lipinski definition) is 1. The van der Waals surface area contributed by atoms with Crippen LogP contribution in [0.25, 0.3) is 0 Å². The van der Waals surface area contributed by atoms with E-state index in [9.17, 15) is 4.79 Å². The van der Waals surface area contributed by atoms with Crippen LogP contribution < -0.4 is 15.1 Å². The number of hydrogen-bond acceptors (Lipinski definition) is 5. The fraction of sp³-hybridized carbons (Fsp3) is 0.417. The van der Waals surface area contributed by atoms with E-state index in [1.165, 1.54) is 25.7 Å². The summed E-state index contributed by atoms with van der Waals surface area (Å²) in [6.07, 6.45) is 4.67. The van der Waals surface area contributed by atoms with Gasteiger partial charge in [0, 0.05) is 32.6 Å². The van der Waals surface area contributed by atoms with Crippen molar-refractivity contribution in [3.8, 4) is 0 Å². The van der Waals surface area contributed by atoms with Crippen molar-refractivity contribution in [1.82, 2.24) is 0 Å². The highest BCUT2D eigenvalue weighted by Gasteiger charge is 2.31. The molecule has 3 heterocycles. The van der Waals surface area contributed by atoms with Crippen molar-refractivity contribution >= 4 is 28.7 Å². The minimum Gasteiger partial charge on any atom is -0.382 e. The molecular weight excluding hydrogens is 376 g/mol. The van der Waals surface area contributed by atoms with Gasteiger partial charge in [0.15, 0.2) is 0 Å². The topological polar surface area (TPSA) is 57.2 Å². The van der Waals surface area contributed by atoms with E-state index >= 15 is 0 Å². The lowest BCUT2D eigenvalue weighted by Gasteiger charge is -2.28. The van der Waals surface area contributed by atoms with Gasteiger partial charge in [-0.25, -0.2) is 0 Å². The third kappa shape index (κ3) is 3.74. The van der Waals surface area contributed by atoms with Crippen LogP contribution in [0.1, 0.15) is 37.7 Å². The van der Waals surface area contributed by atoms with Gasteiger partial charge in [0.1, 0.15) is 0 Å². The molecule has 3 aliphatic heterocycles. The summed E-state index contributed by atoms with van der Waals surface area (Å²) in [5.41, 5.74) is 4.98. The lowest BCUT2D eigenvalue weighted by Crippen LogP contribution is -2.31. The number of amides is 1. The highest BCUT2D eigenvalue weighted by molar-refractivity contribution is 6.07. The zero-order valence-electron chi connectivity index (χ0n) is 17.2. The van der Waals surface area contributed by atoms with E-state index in [1.807, 2.05) is 30.3 Å². The van der Waals surface area contributed by atoms with E-state index in [0.717, 1.165) is 54.5 Å². The van der Waals surface area contributed by atoms with Gasteiger partial charge >= 0.3 is 0 Å². The molecule has 0 aromatic heterocycles. The Hall–Kier alpha value is -3.02. The molecule has 2 aromatic carbocycles. The van der Waals surface area contributed by atoms with Crippen LogP contribution in [0.3, 0.4) is 0 Å². The molecule has 0 radical (unpaired) electrons. The monoisotopic (exact) mass is 404 g/mol. The minimum atomic E-state index is -0.599. The van der Waals surface area contributed by atoms with Crippen LogP contribution in [0.4, 0.5) is 17.1 Å². The SMILES string of the molecule is O=C(Nc1c(N2CCCC2)cccc1N1CCCC1)C1CC(c2ccccc2)=NO1. The first-order valence-electron chi connectivity index (χ1n) is 11.0.